The van der Waals surface area contributed by atoms with Gasteiger partial charge in [0.05, 0.1) is 22.1 Å². The number of para-hydroxylation sites is 2. The first-order valence-electron chi connectivity index (χ1n) is 26.1. The summed E-state index contributed by atoms with van der Waals surface area (Å²) in [5, 5.41) is 9.43. The molecule has 0 fully saturated rings. The third-order valence-corrected chi connectivity index (χ3v) is 16.8. The minimum atomic E-state index is 0.772. The number of rotatable bonds is 8. The number of hydrogen-bond acceptors (Lipinski definition) is 3. The molecule has 5 heteroatoms. The summed E-state index contributed by atoms with van der Waals surface area (Å²) in [5.41, 5.74) is 17.8. The van der Waals surface area contributed by atoms with Crippen molar-refractivity contribution < 1.29 is 9.15 Å². The van der Waals surface area contributed by atoms with Crippen molar-refractivity contribution in [2.45, 2.75) is 0 Å². The molecular weight excluding hydrogens is 957 g/mol. The largest absolute Gasteiger partial charge is 0.457 e. The van der Waals surface area contributed by atoms with Crippen LogP contribution in [-0.2, 0) is 0 Å². The van der Waals surface area contributed by atoms with Gasteiger partial charge in [0.15, 0.2) is 0 Å². The zero-order valence-corrected chi connectivity index (χ0v) is 42.3. The number of benzene rings is 12. The second-order valence-electron chi connectivity index (χ2n) is 20.0. The molecule has 0 unspecified atom stereocenters. The van der Waals surface area contributed by atoms with Crippen LogP contribution < -0.4 is 4.74 Å². The fourth-order valence-electron chi connectivity index (χ4n) is 12.0. The minimum Gasteiger partial charge on any atom is -0.457 e. The third kappa shape index (κ3) is 7.05. The standard InChI is InChI=1S/C72H44N2O2S/c1-3-13-45(14-4-1)49-29-37-65-61(41-49)63-43-53(35-39-67(63)73(65)51-31-25-47(26-32-51)55-19-11-21-59-57-17-7-9-23-69(57)76-71(55)59)75-54-36-40-68-64(44-54)62-42-50(46-15-5-2-6-16-46)30-38-66(62)74(68)52-33-27-48(28-34-52)56-20-12-22-60-58-18-8-10-24-70(58)77-72(56)60/h1-44H. The van der Waals surface area contributed by atoms with Gasteiger partial charge in [-0.3, -0.25) is 0 Å². The topological polar surface area (TPSA) is 32.2 Å². The fraction of sp³-hybridized carbons (Fsp3) is 0. The lowest BCUT2D eigenvalue weighted by molar-refractivity contribution is 0.484. The first kappa shape index (κ1) is 43.5. The molecule has 0 saturated carbocycles. The lowest BCUT2D eigenvalue weighted by Crippen LogP contribution is -1.94. The first-order chi connectivity index (χ1) is 38.1. The number of fused-ring (bicyclic) bond motifs is 12. The molecule has 0 spiro atoms. The highest BCUT2D eigenvalue weighted by atomic mass is 32.1. The summed E-state index contributed by atoms with van der Waals surface area (Å²) in [6.45, 7) is 0. The normalized spacial score (nSPS) is 11.9. The summed E-state index contributed by atoms with van der Waals surface area (Å²) >= 11 is 1.87. The molecule has 16 rings (SSSR count). The Morgan fingerprint density at radius 1 is 0.299 bits per heavy atom. The molecule has 0 N–H and O–H groups in total. The monoisotopic (exact) mass is 1000 g/mol. The molecular formula is C72H44N2O2S. The van der Waals surface area contributed by atoms with Gasteiger partial charge >= 0.3 is 0 Å². The number of furan rings is 1. The molecule has 360 valence electrons. The van der Waals surface area contributed by atoms with Gasteiger partial charge in [0.25, 0.3) is 0 Å². The average Bonchev–Trinajstić information content (AvgIpc) is 4.42. The summed E-state index contributed by atoms with van der Waals surface area (Å²) in [4.78, 5) is 0. The Labute approximate surface area is 447 Å². The van der Waals surface area contributed by atoms with Crippen LogP contribution in [-0.4, -0.2) is 9.13 Å². The van der Waals surface area contributed by atoms with Crippen LogP contribution in [0.3, 0.4) is 0 Å². The van der Waals surface area contributed by atoms with Crippen molar-refractivity contribution in [3.8, 4) is 67.4 Å². The van der Waals surface area contributed by atoms with Crippen LogP contribution in [0.15, 0.2) is 271 Å². The maximum atomic E-state index is 6.97. The molecule has 0 aliphatic rings. The molecule has 0 saturated heterocycles. The van der Waals surface area contributed by atoms with Gasteiger partial charge < -0.3 is 18.3 Å². The Kier molecular flexibility index (Phi) is 9.78. The SMILES string of the molecule is c1ccc(-c2ccc3c(c2)c2cc(Oc4ccc5c(c4)c4cc(-c6ccccc6)ccc4n5-c4ccc(-c5cccc6c5sc5ccccc56)cc4)ccc2n3-c2ccc(-c3cccc4c3oc3ccccc34)cc2)cc1. The first-order valence-corrected chi connectivity index (χ1v) is 26.9. The van der Waals surface area contributed by atoms with E-state index in [2.05, 4.69) is 264 Å². The smallest absolute Gasteiger partial charge is 0.143 e. The van der Waals surface area contributed by atoms with Crippen LogP contribution >= 0.6 is 11.3 Å². The van der Waals surface area contributed by atoms with Crippen LogP contribution in [0.1, 0.15) is 0 Å². The van der Waals surface area contributed by atoms with Crippen molar-refractivity contribution in [3.63, 3.8) is 0 Å². The van der Waals surface area contributed by atoms with Gasteiger partial charge in [-0.2, -0.15) is 0 Å². The number of aromatic nitrogens is 2. The lowest BCUT2D eigenvalue weighted by atomic mass is 10.0. The van der Waals surface area contributed by atoms with Crippen molar-refractivity contribution in [2.75, 3.05) is 0 Å². The summed E-state index contributed by atoms with van der Waals surface area (Å²) in [7, 11) is 0. The van der Waals surface area contributed by atoms with Crippen molar-refractivity contribution in [3.05, 3.63) is 267 Å². The second-order valence-corrected chi connectivity index (χ2v) is 21.0. The maximum Gasteiger partial charge on any atom is 0.143 e. The Hall–Kier alpha value is -9.94. The van der Waals surface area contributed by atoms with E-state index in [4.69, 9.17) is 9.15 Å². The summed E-state index contributed by atoms with van der Waals surface area (Å²) in [5.74, 6) is 1.55. The Morgan fingerprint density at radius 2 is 0.753 bits per heavy atom. The fourth-order valence-corrected chi connectivity index (χ4v) is 13.2. The molecule has 0 radical (unpaired) electrons. The maximum absolute atomic E-state index is 6.97. The molecule has 4 heterocycles. The van der Waals surface area contributed by atoms with Gasteiger partial charge in [-0.05, 0) is 136 Å². The highest BCUT2D eigenvalue weighted by molar-refractivity contribution is 7.26. The van der Waals surface area contributed by atoms with Crippen LogP contribution in [0.2, 0.25) is 0 Å². The van der Waals surface area contributed by atoms with Crippen molar-refractivity contribution in [1.29, 1.82) is 0 Å². The molecule has 16 aromatic rings. The number of thiophene rings is 1. The lowest BCUT2D eigenvalue weighted by Gasteiger charge is -2.11. The summed E-state index contributed by atoms with van der Waals surface area (Å²) in [6.07, 6.45) is 0. The predicted molar refractivity (Wildman–Crippen MR) is 324 cm³/mol. The molecule has 0 bridgehead atoms. The molecule has 0 atom stereocenters. The average molecular weight is 1000 g/mol. The molecule has 0 aliphatic heterocycles. The zero-order chi connectivity index (χ0) is 50.6. The van der Waals surface area contributed by atoms with Gasteiger partial charge in [-0.25, -0.2) is 0 Å². The van der Waals surface area contributed by atoms with Gasteiger partial charge in [0, 0.05) is 69.4 Å². The zero-order valence-electron chi connectivity index (χ0n) is 41.5. The second kappa shape index (κ2) is 17.3. The predicted octanol–water partition coefficient (Wildman–Crippen LogP) is 20.6. The Bertz CT molecular complexity index is 4670. The molecule has 0 amide bonds. The highest BCUT2D eigenvalue weighted by Crippen LogP contribution is 2.44. The Balaban J connectivity index is 0.797. The Morgan fingerprint density at radius 3 is 1.35 bits per heavy atom. The molecule has 0 aliphatic carbocycles. The number of nitrogens with zero attached hydrogens (tertiary/aromatic N) is 2. The van der Waals surface area contributed by atoms with E-state index in [1.165, 1.54) is 48.0 Å². The van der Waals surface area contributed by atoms with Crippen LogP contribution in [0.4, 0.5) is 0 Å². The number of ether oxygens (including phenoxy) is 1. The van der Waals surface area contributed by atoms with E-state index >= 15 is 0 Å². The van der Waals surface area contributed by atoms with Crippen LogP contribution in [0.25, 0.3) is 142 Å². The third-order valence-electron chi connectivity index (χ3n) is 15.6. The van der Waals surface area contributed by atoms with Crippen molar-refractivity contribution >= 4 is 97.1 Å². The van der Waals surface area contributed by atoms with Crippen LogP contribution in [0.5, 0.6) is 11.5 Å². The van der Waals surface area contributed by atoms with E-state index < -0.39 is 0 Å². The van der Waals surface area contributed by atoms with E-state index in [0.29, 0.717) is 0 Å². The quantitative estimate of drug-likeness (QED) is 0.152. The minimum absolute atomic E-state index is 0.772. The van der Waals surface area contributed by atoms with E-state index in [0.717, 1.165) is 105 Å². The van der Waals surface area contributed by atoms with E-state index in [1.807, 2.05) is 23.5 Å². The van der Waals surface area contributed by atoms with Gasteiger partial charge in [0.1, 0.15) is 22.7 Å². The van der Waals surface area contributed by atoms with Crippen LogP contribution in [0, 0.1) is 0 Å². The number of hydrogen-bond donors (Lipinski definition) is 0. The van der Waals surface area contributed by atoms with E-state index in [-0.39, 0.29) is 0 Å². The highest BCUT2D eigenvalue weighted by Gasteiger charge is 2.20. The van der Waals surface area contributed by atoms with Gasteiger partial charge in [0.2, 0.25) is 0 Å². The van der Waals surface area contributed by atoms with Crippen molar-refractivity contribution in [1.82, 2.24) is 9.13 Å². The van der Waals surface area contributed by atoms with Crippen molar-refractivity contribution in [2.24, 2.45) is 0 Å². The van der Waals surface area contributed by atoms with Gasteiger partial charge in [-0.15, -0.1) is 11.3 Å². The molecule has 77 heavy (non-hydrogen) atoms. The summed E-state index contributed by atoms with van der Waals surface area (Å²) < 4.78 is 20.8. The van der Waals surface area contributed by atoms with E-state index in [9.17, 15) is 0 Å². The molecule has 12 aromatic carbocycles. The molecule has 4 nitrogen and oxygen atoms in total. The summed E-state index contributed by atoms with van der Waals surface area (Å²) in [6, 6.07) is 96.0. The van der Waals surface area contributed by atoms with Gasteiger partial charge in [-0.1, -0.05) is 170 Å². The molecule has 4 aromatic heterocycles. The van der Waals surface area contributed by atoms with E-state index in [1.54, 1.807) is 0 Å².